The third-order valence-corrected chi connectivity index (χ3v) is 12.6. The molecule has 0 saturated heterocycles. The summed E-state index contributed by atoms with van der Waals surface area (Å²) in [5.41, 5.74) is 18.9. The summed E-state index contributed by atoms with van der Waals surface area (Å²) in [5.74, 6) is 0.308. The Morgan fingerprint density at radius 3 is 2.39 bits per heavy atom. The second-order valence-corrected chi connectivity index (χ2v) is 17.3. The van der Waals surface area contributed by atoms with Gasteiger partial charge in [0.15, 0.2) is 0 Å². The highest BCUT2D eigenvalue weighted by atomic mass is 32.1. The van der Waals surface area contributed by atoms with Crippen molar-refractivity contribution in [3.05, 3.63) is 219 Å². The van der Waals surface area contributed by atoms with E-state index >= 15 is 0 Å². The fourth-order valence-electron chi connectivity index (χ4n) is 9.14. The number of fused-ring (bicyclic) bond motifs is 6. The molecule has 5 aromatic carbocycles. The highest BCUT2D eigenvalue weighted by Gasteiger charge is 2.35. The minimum absolute atomic E-state index is 0.0386. The lowest BCUT2D eigenvalue weighted by molar-refractivity contribution is 0.529. The number of para-hydroxylation sites is 2. The maximum absolute atomic E-state index is 5.37. The standard InChI is InChI=1S/C56H52N2S/c1-5-6-19-42-24-16-28-46(54(42)57-44-25-11-8-12-26-44)45-27-17-30-51-53(45)47-32-31-43-37-49(43)55(47)58(51)38(2)35-48(40-20-9-7-10-21-40)52(59)36-39-18-15-23-41-22-13-14-29-50(41)56(3,4)34-33-39/h5-18,20-22,24-33,35,37,49,57,59H,19,23,34,36H2,1-4H3/b6-5-,18-15-,38-35+,39-33+,52-48-/t49-/m1/s1. The third-order valence-electron chi connectivity index (χ3n) is 12.2. The monoisotopic (exact) mass is 784 g/mol. The minimum Gasteiger partial charge on any atom is -0.355 e. The van der Waals surface area contributed by atoms with Crippen LogP contribution in [0.4, 0.5) is 11.4 Å². The number of thiol groups is 1. The van der Waals surface area contributed by atoms with Gasteiger partial charge < -0.3 is 9.88 Å². The van der Waals surface area contributed by atoms with Gasteiger partial charge in [0.25, 0.3) is 0 Å². The average Bonchev–Trinajstić information content (AvgIpc) is 3.97. The third kappa shape index (κ3) is 7.68. The van der Waals surface area contributed by atoms with Crippen LogP contribution in [-0.4, -0.2) is 4.57 Å². The molecule has 1 aromatic heterocycles. The summed E-state index contributed by atoms with van der Waals surface area (Å²) in [6, 6.07) is 43.8. The van der Waals surface area contributed by atoms with Gasteiger partial charge in [-0.15, -0.1) is 12.6 Å². The van der Waals surface area contributed by atoms with Crippen LogP contribution in [0.3, 0.4) is 0 Å². The lowest BCUT2D eigenvalue weighted by Gasteiger charge is -2.26. The molecule has 1 heterocycles. The van der Waals surface area contributed by atoms with Gasteiger partial charge in [0.1, 0.15) is 0 Å². The van der Waals surface area contributed by atoms with E-state index in [1.807, 2.05) is 0 Å². The molecular weight excluding hydrogens is 733 g/mol. The molecule has 0 bridgehead atoms. The fourth-order valence-corrected chi connectivity index (χ4v) is 9.52. The van der Waals surface area contributed by atoms with Gasteiger partial charge in [-0.05, 0) is 112 Å². The Morgan fingerprint density at radius 2 is 1.58 bits per heavy atom. The molecule has 0 unspecified atom stereocenters. The number of rotatable bonds is 10. The molecule has 3 aliphatic carbocycles. The number of nitrogens with zero attached hydrogens (tertiary/aromatic N) is 1. The van der Waals surface area contributed by atoms with Crippen LogP contribution in [0, 0.1) is 0 Å². The van der Waals surface area contributed by atoms with Gasteiger partial charge in [-0.25, -0.2) is 0 Å². The van der Waals surface area contributed by atoms with E-state index in [-0.39, 0.29) is 5.41 Å². The van der Waals surface area contributed by atoms with Crippen LogP contribution in [0.1, 0.15) is 80.0 Å². The van der Waals surface area contributed by atoms with Gasteiger partial charge in [0, 0.05) is 51.6 Å². The smallest absolute Gasteiger partial charge is 0.0541 e. The van der Waals surface area contributed by atoms with Gasteiger partial charge in [-0.3, -0.25) is 0 Å². The van der Waals surface area contributed by atoms with Gasteiger partial charge >= 0.3 is 0 Å². The number of benzene rings is 5. The van der Waals surface area contributed by atoms with Gasteiger partial charge in [-0.1, -0.05) is 166 Å². The number of hydrogen-bond acceptors (Lipinski definition) is 2. The molecule has 1 atom stereocenters. The first-order chi connectivity index (χ1) is 28.8. The Labute approximate surface area is 355 Å². The zero-order valence-corrected chi connectivity index (χ0v) is 35.4. The predicted molar refractivity (Wildman–Crippen MR) is 257 cm³/mol. The molecule has 9 rings (SSSR count). The van der Waals surface area contributed by atoms with E-state index in [1.165, 1.54) is 72.4 Å². The first-order valence-electron chi connectivity index (χ1n) is 21.0. The molecule has 292 valence electrons. The van der Waals surface area contributed by atoms with Crippen molar-refractivity contribution in [3.8, 4) is 11.1 Å². The molecule has 0 aliphatic heterocycles. The van der Waals surface area contributed by atoms with Crippen molar-refractivity contribution in [1.29, 1.82) is 0 Å². The summed E-state index contributed by atoms with van der Waals surface area (Å²) in [6.07, 6.45) is 24.4. The Kier molecular flexibility index (Phi) is 10.6. The van der Waals surface area contributed by atoms with Crippen LogP contribution in [0.5, 0.6) is 0 Å². The van der Waals surface area contributed by atoms with Crippen LogP contribution in [0.25, 0.3) is 39.4 Å². The molecule has 59 heavy (non-hydrogen) atoms. The highest BCUT2D eigenvalue weighted by molar-refractivity contribution is 7.84. The Balaban J connectivity index is 1.18. The molecule has 3 aliphatic rings. The van der Waals surface area contributed by atoms with Crippen LogP contribution in [0.2, 0.25) is 0 Å². The van der Waals surface area contributed by atoms with E-state index in [4.69, 9.17) is 12.6 Å². The summed E-state index contributed by atoms with van der Waals surface area (Å²) in [4.78, 5) is 1.06. The largest absolute Gasteiger partial charge is 0.355 e. The summed E-state index contributed by atoms with van der Waals surface area (Å²) in [5, 5.41) is 5.13. The maximum Gasteiger partial charge on any atom is 0.0541 e. The number of aromatic nitrogens is 1. The molecule has 0 saturated carbocycles. The molecule has 0 fully saturated rings. The van der Waals surface area contributed by atoms with E-state index < -0.39 is 0 Å². The van der Waals surface area contributed by atoms with Crippen LogP contribution in [0.15, 0.2) is 186 Å². The molecule has 0 radical (unpaired) electrons. The summed E-state index contributed by atoms with van der Waals surface area (Å²) < 4.78 is 2.53. The molecule has 0 spiro atoms. The SMILES string of the molecule is C/C=C\Cc1cccc(-c2cccc3c2c2c(n3/C(C)=C/C(=C(/S)CC3=C/CC(C)(C)c4ccccc4C/C=C\3)c3ccccc3)[C@@H]3C=C3C=C2)c1Nc1ccccc1. The van der Waals surface area contributed by atoms with Crippen molar-refractivity contribution in [2.24, 2.45) is 0 Å². The molecular formula is C56H52N2S. The maximum atomic E-state index is 5.37. The zero-order valence-electron chi connectivity index (χ0n) is 34.5. The normalized spacial score (nSPS) is 18.7. The summed E-state index contributed by atoms with van der Waals surface area (Å²) in [7, 11) is 0. The van der Waals surface area contributed by atoms with Crippen LogP contribution in [-0.2, 0) is 18.3 Å². The van der Waals surface area contributed by atoms with Crippen molar-refractivity contribution in [3.63, 3.8) is 0 Å². The van der Waals surface area contributed by atoms with Crippen molar-refractivity contribution in [1.82, 2.24) is 4.57 Å². The van der Waals surface area contributed by atoms with Crippen molar-refractivity contribution in [2.75, 3.05) is 5.32 Å². The second kappa shape index (κ2) is 16.3. The van der Waals surface area contributed by atoms with Gasteiger partial charge in [0.2, 0.25) is 0 Å². The lowest BCUT2D eigenvalue weighted by Crippen LogP contribution is -2.18. The van der Waals surface area contributed by atoms with Gasteiger partial charge in [0.05, 0.1) is 5.52 Å². The fraction of sp³-hybridized carbons (Fsp3) is 0.179. The Morgan fingerprint density at radius 1 is 0.831 bits per heavy atom. The molecule has 6 aromatic rings. The predicted octanol–water partition coefficient (Wildman–Crippen LogP) is 15.2. The minimum atomic E-state index is 0.0386. The highest BCUT2D eigenvalue weighted by Crippen LogP contribution is 2.52. The lowest BCUT2D eigenvalue weighted by atomic mass is 9.78. The van der Waals surface area contributed by atoms with Crippen LogP contribution < -0.4 is 5.32 Å². The summed E-state index contributed by atoms with van der Waals surface area (Å²) >= 11 is 5.37. The van der Waals surface area contributed by atoms with E-state index in [9.17, 15) is 0 Å². The molecule has 3 heteroatoms. The summed E-state index contributed by atoms with van der Waals surface area (Å²) in [6.45, 7) is 9.10. The quantitative estimate of drug-likeness (QED) is 0.0804. The molecule has 0 amide bonds. The molecule has 2 nitrogen and oxygen atoms in total. The van der Waals surface area contributed by atoms with Gasteiger partial charge in [-0.2, -0.15) is 0 Å². The van der Waals surface area contributed by atoms with Crippen molar-refractivity contribution >= 4 is 52.3 Å². The Hall–Kier alpha value is -6.03. The first-order valence-corrected chi connectivity index (χ1v) is 21.5. The zero-order chi connectivity index (χ0) is 40.5. The van der Waals surface area contributed by atoms with E-state index in [1.54, 1.807) is 0 Å². The Bertz CT molecular complexity index is 2780. The van der Waals surface area contributed by atoms with E-state index in [0.717, 1.165) is 47.5 Å². The number of hydrogen-bond donors (Lipinski definition) is 2. The first kappa shape index (κ1) is 38.5. The molecule has 1 N–H and O–H groups in total. The number of anilines is 2. The van der Waals surface area contributed by atoms with E-state index in [2.05, 4.69) is 214 Å². The van der Waals surface area contributed by atoms with E-state index in [0.29, 0.717) is 5.92 Å². The number of allylic oxidation sites excluding steroid dienone is 13. The van der Waals surface area contributed by atoms with Crippen molar-refractivity contribution in [2.45, 2.75) is 64.7 Å². The second-order valence-electron chi connectivity index (χ2n) is 16.7. The topological polar surface area (TPSA) is 17.0 Å². The average molecular weight is 785 g/mol. The van der Waals surface area contributed by atoms with Crippen LogP contribution >= 0.6 is 12.6 Å². The van der Waals surface area contributed by atoms with Crippen molar-refractivity contribution < 1.29 is 0 Å². The number of nitrogens with one attached hydrogen (secondary N) is 1.